The predicted molar refractivity (Wildman–Crippen MR) is 195 cm³/mol. The first-order chi connectivity index (χ1) is 23.9. The third-order valence-electron chi connectivity index (χ3n) is 10.4. The second-order valence-corrected chi connectivity index (χ2v) is 13.7. The molecule has 2 atom stereocenters. The van der Waals surface area contributed by atoms with E-state index in [-0.39, 0.29) is 18.4 Å². The third-order valence-corrected chi connectivity index (χ3v) is 10.8. The standard InChI is InChI=1S/C39H42ClN7O2/c1-4-35(48)47-22-21-46(23-28(47)15-17-41)38-31-16-20-45(34-14-6-10-27-9-5-13-33(40)36(27)34)24-32(31)37(30-12-7-18-42-26(30)2)39(43-38)49-25-29-11-8-19-44(29)3/h4-7,9-10,12-14,18,28-29H,1,8,11,15-16,19-25H2,2-3H3/t28-,29-/m0/s1. The molecule has 0 radical (unpaired) electrons. The number of piperazine rings is 1. The van der Waals surface area contributed by atoms with E-state index in [4.69, 9.17) is 26.3 Å². The van der Waals surface area contributed by atoms with Gasteiger partial charge in [0.1, 0.15) is 12.4 Å². The zero-order valence-electron chi connectivity index (χ0n) is 28.2. The number of aromatic nitrogens is 2. The number of likely N-dealkylation sites (N-methyl/N-ethyl adjacent to an activating group) is 1. The summed E-state index contributed by atoms with van der Waals surface area (Å²) in [5, 5.41) is 12.6. The highest BCUT2D eigenvalue weighted by molar-refractivity contribution is 6.36. The summed E-state index contributed by atoms with van der Waals surface area (Å²) in [5.41, 5.74) is 6.34. The highest BCUT2D eigenvalue weighted by Gasteiger charge is 2.35. The molecule has 1 amide bonds. The van der Waals surface area contributed by atoms with E-state index < -0.39 is 0 Å². The van der Waals surface area contributed by atoms with Crippen molar-refractivity contribution in [3.8, 4) is 23.1 Å². The Morgan fingerprint density at radius 2 is 1.92 bits per heavy atom. The van der Waals surface area contributed by atoms with Crippen LogP contribution in [-0.2, 0) is 17.8 Å². The highest BCUT2D eigenvalue weighted by atomic mass is 35.5. The number of likely N-dealkylation sites (tertiary alicyclic amines) is 1. The first kappa shape index (κ1) is 32.9. The molecule has 49 heavy (non-hydrogen) atoms. The minimum absolute atomic E-state index is 0.147. The largest absolute Gasteiger partial charge is 0.475 e. The Hall–Kier alpha value is -4.65. The number of pyridine rings is 2. The van der Waals surface area contributed by atoms with E-state index in [1.54, 1.807) is 4.90 Å². The van der Waals surface area contributed by atoms with Crippen LogP contribution in [0.4, 0.5) is 11.5 Å². The average Bonchev–Trinajstić information content (AvgIpc) is 3.54. The maximum atomic E-state index is 12.8. The SMILES string of the molecule is C=CC(=O)N1CCN(c2nc(OC[C@@H]3CCCN3C)c(-c3cccnc3C)c3c2CCN(c2cccc4cccc(Cl)c24)C3)C[C@@H]1CC#N. The molecule has 2 fully saturated rings. The monoisotopic (exact) mass is 675 g/mol. The van der Waals surface area contributed by atoms with Crippen molar-refractivity contribution in [2.24, 2.45) is 0 Å². The van der Waals surface area contributed by atoms with E-state index in [1.807, 2.05) is 31.3 Å². The molecule has 0 saturated carbocycles. The number of ether oxygens (including phenoxy) is 1. The van der Waals surface area contributed by atoms with Gasteiger partial charge in [0, 0.05) is 72.9 Å². The van der Waals surface area contributed by atoms with Gasteiger partial charge in [-0.3, -0.25) is 9.78 Å². The normalized spacial score (nSPS) is 19.5. The Kier molecular flexibility index (Phi) is 9.44. The first-order valence-corrected chi connectivity index (χ1v) is 17.5. The van der Waals surface area contributed by atoms with E-state index in [1.165, 1.54) is 11.6 Å². The summed E-state index contributed by atoms with van der Waals surface area (Å²) in [6, 6.07) is 18.9. The molecule has 3 aliphatic heterocycles. The van der Waals surface area contributed by atoms with Gasteiger partial charge in [0.25, 0.3) is 0 Å². The van der Waals surface area contributed by atoms with Crippen molar-refractivity contribution in [3.05, 3.63) is 89.2 Å². The maximum absolute atomic E-state index is 12.8. The van der Waals surface area contributed by atoms with Crippen LogP contribution in [0.15, 0.2) is 67.4 Å². The lowest BCUT2D eigenvalue weighted by molar-refractivity contribution is -0.128. The number of nitrogens with zero attached hydrogens (tertiary/aromatic N) is 7. The minimum atomic E-state index is -0.267. The van der Waals surface area contributed by atoms with Crippen molar-refractivity contribution in [1.82, 2.24) is 19.8 Å². The summed E-state index contributed by atoms with van der Waals surface area (Å²) < 4.78 is 6.80. The van der Waals surface area contributed by atoms with Gasteiger partial charge in [-0.05, 0) is 75.0 Å². The predicted octanol–water partition coefficient (Wildman–Crippen LogP) is 6.41. The molecule has 0 bridgehead atoms. The Balaban J connectivity index is 1.38. The number of nitriles is 1. The van der Waals surface area contributed by atoms with Gasteiger partial charge in [-0.25, -0.2) is 0 Å². The van der Waals surface area contributed by atoms with Crippen LogP contribution in [0.5, 0.6) is 5.88 Å². The topological polar surface area (TPSA) is 88.8 Å². The fourth-order valence-electron chi connectivity index (χ4n) is 7.83. The van der Waals surface area contributed by atoms with Crippen LogP contribution in [0, 0.1) is 18.3 Å². The van der Waals surface area contributed by atoms with Gasteiger partial charge in [-0.15, -0.1) is 0 Å². The molecule has 5 heterocycles. The Morgan fingerprint density at radius 1 is 1.08 bits per heavy atom. The number of anilines is 2. The second kappa shape index (κ2) is 14.1. The molecule has 0 unspecified atom stereocenters. The molecule has 0 N–H and O–H groups in total. The fraction of sp³-hybridized carbons (Fsp3) is 0.385. The zero-order chi connectivity index (χ0) is 34.1. The number of hydrogen-bond donors (Lipinski definition) is 0. The molecule has 0 aliphatic carbocycles. The van der Waals surface area contributed by atoms with E-state index in [0.717, 1.165) is 82.0 Å². The van der Waals surface area contributed by atoms with Gasteiger partial charge < -0.3 is 24.3 Å². The lowest BCUT2D eigenvalue weighted by Gasteiger charge is -2.43. The number of amides is 1. The number of aryl methyl sites for hydroxylation is 1. The van der Waals surface area contributed by atoms with E-state index in [9.17, 15) is 10.1 Å². The summed E-state index contributed by atoms with van der Waals surface area (Å²) >= 11 is 6.85. The number of carbonyl (C=O) groups is 1. The minimum Gasteiger partial charge on any atom is -0.475 e. The van der Waals surface area contributed by atoms with Gasteiger partial charge in [0.2, 0.25) is 11.8 Å². The number of halogens is 1. The van der Waals surface area contributed by atoms with Crippen LogP contribution in [0.3, 0.4) is 0 Å². The highest BCUT2D eigenvalue weighted by Crippen LogP contribution is 2.44. The van der Waals surface area contributed by atoms with Crippen molar-refractivity contribution in [2.45, 2.75) is 51.2 Å². The molecule has 9 nitrogen and oxygen atoms in total. The Bertz CT molecular complexity index is 1940. The summed E-state index contributed by atoms with van der Waals surface area (Å²) in [5.74, 6) is 1.33. The van der Waals surface area contributed by atoms with E-state index in [2.05, 4.69) is 64.7 Å². The van der Waals surface area contributed by atoms with Crippen LogP contribution in [0.25, 0.3) is 21.9 Å². The number of rotatable bonds is 8. The summed E-state index contributed by atoms with van der Waals surface area (Å²) in [6.07, 6.45) is 6.39. The van der Waals surface area contributed by atoms with Crippen molar-refractivity contribution >= 4 is 39.8 Å². The summed E-state index contributed by atoms with van der Waals surface area (Å²) in [7, 11) is 2.16. The van der Waals surface area contributed by atoms with Crippen LogP contribution in [-0.4, -0.2) is 84.1 Å². The molecule has 10 heteroatoms. The van der Waals surface area contributed by atoms with Crippen LogP contribution < -0.4 is 14.5 Å². The fourth-order valence-corrected chi connectivity index (χ4v) is 8.10. The lowest BCUT2D eigenvalue weighted by atomic mass is 9.90. The van der Waals surface area contributed by atoms with Gasteiger partial charge >= 0.3 is 0 Å². The average molecular weight is 676 g/mol. The number of hydrogen-bond acceptors (Lipinski definition) is 8. The first-order valence-electron chi connectivity index (χ1n) is 17.2. The van der Waals surface area contributed by atoms with Gasteiger partial charge in [0.15, 0.2) is 0 Å². The molecule has 0 spiro atoms. The van der Waals surface area contributed by atoms with Crippen molar-refractivity contribution in [3.63, 3.8) is 0 Å². The molecular formula is C39H42ClN7O2. The van der Waals surface area contributed by atoms with Gasteiger partial charge in [-0.2, -0.15) is 10.2 Å². The number of carbonyl (C=O) groups excluding carboxylic acids is 1. The molecule has 2 saturated heterocycles. The summed E-state index contributed by atoms with van der Waals surface area (Å²) in [4.78, 5) is 31.6. The maximum Gasteiger partial charge on any atom is 0.246 e. The van der Waals surface area contributed by atoms with Crippen LogP contribution in [0.1, 0.15) is 36.1 Å². The molecule has 4 aromatic rings. The lowest BCUT2D eigenvalue weighted by Crippen LogP contribution is -2.55. The number of benzene rings is 2. The Morgan fingerprint density at radius 3 is 2.67 bits per heavy atom. The molecule has 3 aliphatic rings. The molecule has 2 aromatic heterocycles. The van der Waals surface area contributed by atoms with Crippen LogP contribution >= 0.6 is 11.6 Å². The van der Waals surface area contributed by atoms with Crippen molar-refractivity contribution in [2.75, 3.05) is 56.2 Å². The van der Waals surface area contributed by atoms with Crippen LogP contribution in [0.2, 0.25) is 5.02 Å². The molecule has 2 aromatic carbocycles. The van der Waals surface area contributed by atoms with Crippen molar-refractivity contribution < 1.29 is 9.53 Å². The smallest absolute Gasteiger partial charge is 0.246 e. The summed E-state index contributed by atoms with van der Waals surface area (Å²) in [6.45, 7) is 10.3. The third kappa shape index (κ3) is 6.31. The quantitative estimate of drug-likeness (QED) is 0.198. The van der Waals surface area contributed by atoms with Crippen molar-refractivity contribution in [1.29, 1.82) is 5.26 Å². The van der Waals surface area contributed by atoms with Gasteiger partial charge in [0.05, 0.1) is 29.1 Å². The molecular weight excluding hydrogens is 634 g/mol. The zero-order valence-corrected chi connectivity index (χ0v) is 29.0. The Labute approximate surface area is 293 Å². The van der Waals surface area contributed by atoms with Gasteiger partial charge in [-0.1, -0.05) is 48.5 Å². The number of fused-ring (bicyclic) bond motifs is 2. The molecule has 7 rings (SSSR count). The van der Waals surface area contributed by atoms with E-state index in [0.29, 0.717) is 44.7 Å². The molecule has 252 valence electrons. The second-order valence-electron chi connectivity index (χ2n) is 13.3. The van der Waals surface area contributed by atoms with E-state index >= 15 is 0 Å².